The van der Waals surface area contributed by atoms with E-state index in [4.69, 9.17) is 9.47 Å². The molecular weight excluding hydrogens is 346 g/mol. The van der Waals surface area contributed by atoms with Gasteiger partial charge in [-0.15, -0.1) is 0 Å². The van der Waals surface area contributed by atoms with Crippen molar-refractivity contribution >= 4 is 11.8 Å². The molecule has 0 fully saturated rings. The lowest BCUT2D eigenvalue weighted by molar-refractivity contribution is 0.0767. The fourth-order valence-electron chi connectivity index (χ4n) is 2.62. The molecule has 7 heteroatoms. The third-order valence-electron chi connectivity index (χ3n) is 4.15. The topological polar surface area (TPSA) is 80.8 Å². The molecule has 2 aromatic rings. The molecule has 1 aromatic carbocycles. The summed E-state index contributed by atoms with van der Waals surface area (Å²) in [4.78, 5) is 30.7. The molecule has 1 N–H and O–H groups in total. The number of ether oxygens (including phenoxy) is 2. The minimum Gasteiger partial charge on any atom is -0.493 e. The van der Waals surface area contributed by atoms with E-state index < -0.39 is 0 Å². The SMILES string of the molecule is CCN(CC)C(=O)c1cccc(C(=O)NCc2ccc(OC)c(OC)c2)n1. The van der Waals surface area contributed by atoms with Crippen LogP contribution < -0.4 is 14.8 Å². The summed E-state index contributed by atoms with van der Waals surface area (Å²) in [6, 6.07) is 10.3. The van der Waals surface area contributed by atoms with Crippen molar-refractivity contribution in [2.75, 3.05) is 27.3 Å². The second-order valence-corrected chi connectivity index (χ2v) is 5.76. The van der Waals surface area contributed by atoms with E-state index in [1.807, 2.05) is 19.9 Å². The number of methoxy groups -OCH3 is 2. The van der Waals surface area contributed by atoms with Gasteiger partial charge in [0.15, 0.2) is 11.5 Å². The molecule has 0 atom stereocenters. The predicted molar refractivity (Wildman–Crippen MR) is 102 cm³/mol. The minimum absolute atomic E-state index is 0.186. The highest BCUT2D eigenvalue weighted by Crippen LogP contribution is 2.27. The Kier molecular flexibility index (Phi) is 7.16. The molecular formula is C20H25N3O4. The van der Waals surface area contributed by atoms with E-state index in [9.17, 15) is 9.59 Å². The van der Waals surface area contributed by atoms with Crippen LogP contribution in [-0.2, 0) is 6.54 Å². The van der Waals surface area contributed by atoms with Gasteiger partial charge in [0.1, 0.15) is 11.4 Å². The third-order valence-corrected chi connectivity index (χ3v) is 4.15. The maximum Gasteiger partial charge on any atom is 0.272 e. The molecule has 0 aliphatic carbocycles. The van der Waals surface area contributed by atoms with Gasteiger partial charge in [0.05, 0.1) is 14.2 Å². The van der Waals surface area contributed by atoms with Gasteiger partial charge in [0.2, 0.25) is 0 Å². The Balaban J connectivity index is 2.08. The summed E-state index contributed by atoms with van der Waals surface area (Å²) in [5.41, 5.74) is 1.32. The van der Waals surface area contributed by atoms with Crippen LogP contribution in [-0.4, -0.2) is 49.0 Å². The number of carbonyl (C=O) groups excluding carboxylic acids is 2. The van der Waals surface area contributed by atoms with Gasteiger partial charge in [-0.1, -0.05) is 12.1 Å². The lowest BCUT2D eigenvalue weighted by atomic mass is 10.2. The smallest absolute Gasteiger partial charge is 0.272 e. The van der Waals surface area contributed by atoms with Crippen LogP contribution in [0.3, 0.4) is 0 Å². The molecule has 0 saturated carbocycles. The maximum absolute atomic E-state index is 12.4. The normalized spacial score (nSPS) is 10.2. The predicted octanol–water partition coefficient (Wildman–Crippen LogP) is 2.51. The Bertz CT molecular complexity index is 804. The third kappa shape index (κ3) is 4.97. The number of benzene rings is 1. The van der Waals surface area contributed by atoms with E-state index in [0.29, 0.717) is 31.1 Å². The van der Waals surface area contributed by atoms with Crippen molar-refractivity contribution in [3.63, 3.8) is 0 Å². The van der Waals surface area contributed by atoms with Crippen LogP contribution in [0.2, 0.25) is 0 Å². The van der Waals surface area contributed by atoms with Gasteiger partial charge in [0, 0.05) is 19.6 Å². The number of amides is 2. The first-order chi connectivity index (χ1) is 13.0. The molecule has 0 aliphatic rings. The highest BCUT2D eigenvalue weighted by atomic mass is 16.5. The summed E-state index contributed by atoms with van der Waals surface area (Å²) in [5.74, 6) is 0.680. The van der Waals surface area contributed by atoms with Crippen molar-refractivity contribution in [3.05, 3.63) is 53.3 Å². The Labute approximate surface area is 159 Å². The Morgan fingerprint density at radius 1 is 1.00 bits per heavy atom. The monoisotopic (exact) mass is 371 g/mol. The maximum atomic E-state index is 12.4. The van der Waals surface area contributed by atoms with Crippen LogP contribution in [0.25, 0.3) is 0 Å². The van der Waals surface area contributed by atoms with Crippen molar-refractivity contribution in [3.8, 4) is 11.5 Å². The minimum atomic E-state index is -0.348. The second-order valence-electron chi connectivity index (χ2n) is 5.76. The highest BCUT2D eigenvalue weighted by Gasteiger charge is 2.16. The Morgan fingerprint density at radius 3 is 2.30 bits per heavy atom. The fraction of sp³-hybridized carbons (Fsp3) is 0.350. The number of nitrogens with one attached hydrogen (secondary N) is 1. The van der Waals surface area contributed by atoms with Gasteiger partial charge < -0.3 is 19.7 Å². The molecule has 0 radical (unpaired) electrons. The molecule has 0 aliphatic heterocycles. The summed E-state index contributed by atoms with van der Waals surface area (Å²) >= 11 is 0. The number of hydrogen-bond acceptors (Lipinski definition) is 5. The first-order valence-corrected chi connectivity index (χ1v) is 8.79. The van der Waals surface area contributed by atoms with Crippen molar-refractivity contribution in [1.82, 2.24) is 15.2 Å². The molecule has 1 heterocycles. The molecule has 27 heavy (non-hydrogen) atoms. The van der Waals surface area contributed by atoms with Crippen molar-refractivity contribution < 1.29 is 19.1 Å². The van der Waals surface area contributed by atoms with E-state index >= 15 is 0 Å². The lowest BCUT2D eigenvalue weighted by Crippen LogP contribution is -2.32. The van der Waals surface area contributed by atoms with Gasteiger partial charge in [-0.25, -0.2) is 4.98 Å². The number of nitrogens with zero attached hydrogens (tertiary/aromatic N) is 2. The number of carbonyl (C=O) groups is 2. The standard InChI is InChI=1S/C20H25N3O4/c1-5-23(6-2)20(25)16-9-7-8-15(22-16)19(24)21-13-14-10-11-17(26-3)18(12-14)27-4/h7-12H,5-6,13H2,1-4H3,(H,21,24). The van der Waals surface area contributed by atoms with E-state index in [1.54, 1.807) is 49.5 Å². The zero-order valence-corrected chi connectivity index (χ0v) is 16.1. The molecule has 1 aromatic heterocycles. The van der Waals surface area contributed by atoms with E-state index in [0.717, 1.165) is 5.56 Å². The van der Waals surface area contributed by atoms with Crippen LogP contribution in [0.15, 0.2) is 36.4 Å². The van der Waals surface area contributed by atoms with Crippen LogP contribution >= 0.6 is 0 Å². The number of rotatable bonds is 8. The molecule has 2 rings (SSSR count). The quantitative estimate of drug-likeness (QED) is 0.771. The molecule has 0 spiro atoms. The second kappa shape index (κ2) is 9.56. The summed E-state index contributed by atoms with van der Waals surface area (Å²) in [5, 5.41) is 2.80. The summed E-state index contributed by atoms with van der Waals surface area (Å²) in [6.07, 6.45) is 0. The number of pyridine rings is 1. The zero-order valence-electron chi connectivity index (χ0n) is 16.1. The fourth-order valence-corrected chi connectivity index (χ4v) is 2.62. The van der Waals surface area contributed by atoms with Gasteiger partial charge in [-0.05, 0) is 43.7 Å². The average molecular weight is 371 g/mol. The first-order valence-electron chi connectivity index (χ1n) is 8.79. The molecule has 0 bridgehead atoms. The lowest BCUT2D eigenvalue weighted by Gasteiger charge is -2.18. The van der Waals surface area contributed by atoms with E-state index in [-0.39, 0.29) is 23.2 Å². The molecule has 144 valence electrons. The van der Waals surface area contributed by atoms with Crippen molar-refractivity contribution in [2.24, 2.45) is 0 Å². The van der Waals surface area contributed by atoms with Crippen LogP contribution in [0, 0.1) is 0 Å². The number of aromatic nitrogens is 1. The van der Waals surface area contributed by atoms with Gasteiger partial charge in [-0.3, -0.25) is 9.59 Å². The molecule has 2 amide bonds. The average Bonchev–Trinajstić information content (AvgIpc) is 2.72. The number of hydrogen-bond donors (Lipinski definition) is 1. The Morgan fingerprint density at radius 2 is 1.67 bits per heavy atom. The highest BCUT2D eigenvalue weighted by molar-refractivity contribution is 5.96. The largest absolute Gasteiger partial charge is 0.493 e. The summed E-state index contributed by atoms with van der Waals surface area (Å²) in [6.45, 7) is 5.29. The van der Waals surface area contributed by atoms with Crippen molar-refractivity contribution in [1.29, 1.82) is 0 Å². The van der Waals surface area contributed by atoms with Gasteiger partial charge in [-0.2, -0.15) is 0 Å². The molecule has 7 nitrogen and oxygen atoms in total. The van der Waals surface area contributed by atoms with Crippen LogP contribution in [0.5, 0.6) is 11.5 Å². The summed E-state index contributed by atoms with van der Waals surface area (Å²) < 4.78 is 10.5. The first kappa shape index (κ1) is 20.2. The molecule has 0 unspecified atom stereocenters. The Hall–Kier alpha value is -3.09. The van der Waals surface area contributed by atoms with Crippen molar-refractivity contribution in [2.45, 2.75) is 20.4 Å². The van der Waals surface area contributed by atoms with Gasteiger partial charge in [0.25, 0.3) is 11.8 Å². The van der Waals surface area contributed by atoms with E-state index in [1.165, 1.54) is 0 Å². The summed E-state index contributed by atoms with van der Waals surface area (Å²) in [7, 11) is 3.12. The van der Waals surface area contributed by atoms with Crippen LogP contribution in [0.1, 0.15) is 40.4 Å². The van der Waals surface area contributed by atoms with E-state index in [2.05, 4.69) is 10.3 Å². The van der Waals surface area contributed by atoms with Crippen LogP contribution in [0.4, 0.5) is 0 Å². The zero-order chi connectivity index (χ0) is 19.8. The molecule has 0 saturated heterocycles. The van der Waals surface area contributed by atoms with Gasteiger partial charge >= 0.3 is 0 Å².